The van der Waals surface area contributed by atoms with Gasteiger partial charge in [0.15, 0.2) is 0 Å². The highest BCUT2D eigenvalue weighted by atomic mass is 32.1. The second-order valence-electron chi connectivity index (χ2n) is 4.30. The molecule has 2 aromatic heterocycles. The van der Waals surface area contributed by atoms with Crippen molar-refractivity contribution in [3.63, 3.8) is 0 Å². The van der Waals surface area contributed by atoms with E-state index in [0.717, 1.165) is 48.4 Å². The lowest BCUT2D eigenvalue weighted by atomic mass is 10.3. The van der Waals surface area contributed by atoms with Gasteiger partial charge in [0.25, 0.3) is 0 Å². The van der Waals surface area contributed by atoms with Crippen LogP contribution in [-0.4, -0.2) is 41.1 Å². The summed E-state index contributed by atoms with van der Waals surface area (Å²) in [6.07, 6.45) is 3.73. The summed E-state index contributed by atoms with van der Waals surface area (Å²) in [6, 6.07) is 0. The van der Waals surface area contributed by atoms with Crippen molar-refractivity contribution in [1.82, 2.24) is 20.3 Å². The van der Waals surface area contributed by atoms with E-state index >= 15 is 0 Å². The Balaban J connectivity index is 1.80. The van der Waals surface area contributed by atoms with Crippen molar-refractivity contribution < 1.29 is 0 Å². The SMILES string of the molecule is Cc1csc(-c2cnc(N3CCNCC3)nc2)n1. The van der Waals surface area contributed by atoms with Crippen LogP contribution in [0, 0.1) is 6.92 Å². The van der Waals surface area contributed by atoms with Crippen molar-refractivity contribution >= 4 is 17.3 Å². The van der Waals surface area contributed by atoms with Crippen LogP contribution in [-0.2, 0) is 0 Å². The third-order valence-electron chi connectivity index (χ3n) is 2.90. The van der Waals surface area contributed by atoms with Gasteiger partial charge in [0, 0.05) is 55.2 Å². The first-order chi connectivity index (χ1) is 8.83. The summed E-state index contributed by atoms with van der Waals surface area (Å²) >= 11 is 1.63. The molecule has 0 aliphatic carbocycles. The van der Waals surface area contributed by atoms with Crippen LogP contribution in [0.5, 0.6) is 0 Å². The lowest BCUT2D eigenvalue weighted by Crippen LogP contribution is -2.44. The molecule has 18 heavy (non-hydrogen) atoms. The number of thiazole rings is 1. The van der Waals surface area contributed by atoms with E-state index in [2.05, 4.69) is 25.2 Å². The third-order valence-corrected chi connectivity index (χ3v) is 3.91. The van der Waals surface area contributed by atoms with Crippen LogP contribution < -0.4 is 10.2 Å². The van der Waals surface area contributed by atoms with Gasteiger partial charge in [-0.15, -0.1) is 11.3 Å². The zero-order valence-electron chi connectivity index (χ0n) is 10.3. The topological polar surface area (TPSA) is 53.9 Å². The van der Waals surface area contributed by atoms with Gasteiger partial charge in [-0.25, -0.2) is 15.0 Å². The summed E-state index contributed by atoms with van der Waals surface area (Å²) in [5.74, 6) is 0.813. The maximum Gasteiger partial charge on any atom is 0.225 e. The van der Waals surface area contributed by atoms with Crippen molar-refractivity contribution in [3.05, 3.63) is 23.5 Å². The summed E-state index contributed by atoms with van der Waals surface area (Å²) in [5.41, 5.74) is 2.04. The second-order valence-corrected chi connectivity index (χ2v) is 5.16. The fourth-order valence-electron chi connectivity index (χ4n) is 1.95. The average Bonchev–Trinajstić information content (AvgIpc) is 2.87. The summed E-state index contributed by atoms with van der Waals surface area (Å²) in [4.78, 5) is 15.5. The third kappa shape index (κ3) is 2.34. The van der Waals surface area contributed by atoms with Gasteiger partial charge in [-0.2, -0.15) is 0 Å². The van der Waals surface area contributed by atoms with E-state index < -0.39 is 0 Å². The highest BCUT2D eigenvalue weighted by molar-refractivity contribution is 7.13. The number of nitrogens with one attached hydrogen (secondary N) is 1. The Labute approximate surface area is 110 Å². The van der Waals surface area contributed by atoms with E-state index in [9.17, 15) is 0 Å². The molecule has 3 rings (SSSR count). The van der Waals surface area contributed by atoms with Crippen LogP contribution in [0.3, 0.4) is 0 Å². The fourth-order valence-corrected chi connectivity index (χ4v) is 2.72. The minimum Gasteiger partial charge on any atom is -0.338 e. The number of anilines is 1. The Morgan fingerprint density at radius 2 is 1.94 bits per heavy atom. The predicted octanol–water partition coefficient (Wildman–Crippen LogP) is 1.32. The quantitative estimate of drug-likeness (QED) is 0.883. The van der Waals surface area contributed by atoms with Crippen LogP contribution >= 0.6 is 11.3 Å². The monoisotopic (exact) mass is 261 g/mol. The molecular formula is C12H15N5S. The van der Waals surface area contributed by atoms with Crippen molar-refractivity contribution in [2.45, 2.75) is 6.92 Å². The Bertz CT molecular complexity index is 516. The average molecular weight is 261 g/mol. The lowest BCUT2D eigenvalue weighted by molar-refractivity contribution is 0.580. The molecule has 1 fully saturated rings. The van der Waals surface area contributed by atoms with E-state index in [4.69, 9.17) is 0 Å². The molecule has 5 nitrogen and oxygen atoms in total. The van der Waals surface area contributed by atoms with E-state index in [0.29, 0.717) is 0 Å². The van der Waals surface area contributed by atoms with Crippen LogP contribution in [0.2, 0.25) is 0 Å². The van der Waals surface area contributed by atoms with Crippen molar-refractivity contribution in [1.29, 1.82) is 0 Å². The Morgan fingerprint density at radius 3 is 2.56 bits per heavy atom. The predicted molar refractivity (Wildman–Crippen MR) is 73.0 cm³/mol. The van der Waals surface area contributed by atoms with Gasteiger partial charge >= 0.3 is 0 Å². The smallest absolute Gasteiger partial charge is 0.225 e. The van der Waals surface area contributed by atoms with Gasteiger partial charge in [-0.05, 0) is 6.92 Å². The number of aromatic nitrogens is 3. The standard InChI is InChI=1S/C12H15N5S/c1-9-8-18-11(16-9)10-6-14-12(15-7-10)17-4-2-13-3-5-17/h6-8,13H,2-5H2,1H3. The fraction of sp³-hybridized carbons (Fsp3) is 0.417. The zero-order chi connectivity index (χ0) is 12.4. The number of piperazine rings is 1. The number of hydrogen-bond acceptors (Lipinski definition) is 6. The number of aryl methyl sites for hydroxylation is 1. The number of nitrogens with zero attached hydrogens (tertiary/aromatic N) is 4. The van der Waals surface area contributed by atoms with Gasteiger partial charge in [0.05, 0.1) is 0 Å². The largest absolute Gasteiger partial charge is 0.338 e. The van der Waals surface area contributed by atoms with E-state index in [1.54, 1.807) is 11.3 Å². The molecule has 0 bridgehead atoms. The summed E-state index contributed by atoms with van der Waals surface area (Å²) < 4.78 is 0. The molecule has 0 amide bonds. The molecule has 2 aromatic rings. The molecular weight excluding hydrogens is 246 g/mol. The molecule has 1 aliphatic heterocycles. The van der Waals surface area contributed by atoms with Gasteiger partial charge in [-0.3, -0.25) is 0 Å². The van der Waals surface area contributed by atoms with Crippen LogP contribution in [0.15, 0.2) is 17.8 Å². The minimum absolute atomic E-state index is 0.813. The molecule has 0 unspecified atom stereocenters. The second kappa shape index (κ2) is 4.99. The summed E-state index contributed by atoms with van der Waals surface area (Å²) in [6.45, 7) is 5.93. The Kier molecular flexibility index (Phi) is 3.21. The molecule has 0 aromatic carbocycles. The molecule has 1 saturated heterocycles. The first kappa shape index (κ1) is 11.6. The molecule has 1 N–H and O–H groups in total. The zero-order valence-corrected chi connectivity index (χ0v) is 11.1. The highest BCUT2D eigenvalue weighted by Gasteiger charge is 2.13. The van der Waals surface area contributed by atoms with Gasteiger partial charge in [-0.1, -0.05) is 0 Å². The molecule has 6 heteroatoms. The van der Waals surface area contributed by atoms with Crippen molar-refractivity contribution in [2.75, 3.05) is 31.1 Å². The maximum absolute atomic E-state index is 4.44. The van der Waals surface area contributed by atoms with Crippen LogP contribution in [0.25, 0.3) is 10.6 Å². The van der Waals surface area contributed by atoms with Crippen molar-refractivity contribution in [3.8, 4) is 10.6 Å². The van der Waals surface area contributed by atoms with Gasteiger partial charge < -0.3 is 10.2 Å². The number of hydrogen-bond donors (Lipinski definition) is 1. The van der Waals surface area contributed by atoms with Gasteiger partial charge in [0.1, 0.15) is 5.01 Å². The van der Waals surface area contributed by atoms with E-state index in [-0.39, 0.29) is 0 Å². The molecule has 94 valence electrons. The van der Waals surface area contributed by atoms with Gasteiger partial charge in [0.2, 0.25) is 5.95 Å². The minimum atomic E-state index is 0.813. The lowest BCUT2D eigenvalue weighted by Gasteiger charge is -2.27. The summed E-state index contributed by atoms with van der Waals surface area (Å²) in [7, 11) is 0. The first-order valence-electron chi connectivity index (χ1n) is 6.03. The first-order valence-corrected chi connectivity index (χ1v) is 6.91. The maximum atomic E-state index is 4.44. The molecule has 3 heterocycles. The van der Waals surface area contributed by atoms with Crippen LogP contribution in [0.4, 0.5) is 5.95 Å². The molecule has 0 spiro atoms. The Morgan fingerprint density at radius 1 is 1.22 bits per heavy atom. The van der Waals surface area contributed by atoms with Crippen molar-refractivity contribution in [2.24, 2.45) is 0 Å². The molecule has 0 saturated carbocycles. The molecule has 0 atom stereocenters. The van der Waals surface area contributed by atoms with E-state index in [1.165, 1.54) is 0 Å². The number of rotatable bonds is 2. The highest BCUT2D eigenvalue weighted by Crippen LogP contribution is 2.22. The molecule has 1 aliphatic rings. The normalized spacial score (nSPS) is 15.9. The summed E-state index contributed by atoms with van der Waals surface area (Å²) in [5, 5.41) is 6.35. The van der Waals surface area contributed by atoms with Crippen LogP contribution in [0.1, 0.15) is 5.69 Å². The van der Waals surface area contributed by atoms with E-state index in [1.807, 2.05) is 24.7 Å². The molecule has 0 radical (unpaired) electrons. The Hall–Kier alpha value is -1.53.